The van der Waals surface area contributed by atoms with E-state index in [1.165, 1.54) is 0 Å². The first kappa shape index (κ1) is 17.5. The molecular weight excluding hydrogens is 300 g/mol. The lowest BCUT2D eigenvalue weighted by atomic mass is 10.0. The summed E-state index contributed by atoms with van der Waals surface area (Å²) >= 11 is 0. The van der Waals surface area contributed by atoms with Gasteiger partial charge in [0.15, 0.2) is 0 Å². The zero-order valence-corrected chi connectivity index (χ0v) is 13.7. The third-order valence-electron chi connectivity index (χ3n) is 3.43. The van der Waals surface area contributed by atoms with Crippen molar-refractivity contribution < 1.29 is 14.3 Å². The van der Waals surface area contributed by atoms with Gasteiger partial charge in [-0.3, -0.25) is 4.79 Å². The van der Waals surface area contributed by atoms with Gasteiger partial charge in [-0.25, -0.2) is 0 Å². The fraction of sp³-hybridized carbons (Fsp3) is 0.190. The summed E-state index contributed by atoms with van der Waals surface area (Å²) in [6.45, 7) is 8.13. The van der Waals surface area contributed by atoms with E-state index in [1.54, 1.807) is 12.2 Å². The summed E-state index contributed by atoms with van der Waals surface area (Å²) in [7, 11) is 0. The number of rotatable bonds is 10. The van der Waals surface area contributed by atoms with E-state index in [1.807, 2.05) is 48.5 Å². The van der Waals surface area contributed by atoms with Crippen molar-refractivity contribution in [3.63, 3.8) is 0 Å². The van der Waals surface area contributed by atoms with Crippen molar-refractivity contribution in [2.75, 3.05) is 13.2 Å². The van der Waals surface area contributed by atoms with Crippen molar-refractivity contribution in [1.82, 2.24) is 0 Å². The maximum absolute atomic E-state index is 12.5. The van der Waals surface area contributed by atoms with Crippen LogP contribution in [0.2, 0.25) is 0 Å². The smallest absolute Gasteiger partial charge is 0.141 e. The van der Waals surface area contributed by atoms with Gasteiger partial charge in [0.05, 0.1) is 0 Å². The van der Waals surface area contributed by atoms with E-state index in [4.69, 9.17) is 9.47 Å². The normalized spacial score (nSPS) is 10.0. The van der Waals surface area contributed by atoms with Crippen LogP contribution in [0, 0.1) is 0 Å². The Hall–Kier alpha value is -2.81. The average molecular weight is 322 g/mol. The largest absolute Gasteiger partial charge is 0.489 e. The summed E-state index contributed by atoms with van der Waals surface area (Å²) in [4.78, 5) is 12.5. The molecule has 24 heavy (non-hydrogen) atoms. The Balaban J connectivity index is 2.06. The predicted molar refractivity (Wildman–Crippen MR) is 96.7 cm³/mol. The summed E-state index contributed by atoms with van der Waals surface area (Å²) in [5.41, 5.74) is 1.77. The molecule has 0 aliphatic heterocycles. The molecule has 0 aliphatic rings. The van der Waals surface area contributed by atoms with Gasteiger partial charge in [-0.15, -0.1) is 0 Å². The molecule has 0 N–H and O–H groups in total. The molecule has 0 aliphatic carbocycles. The van der Waals surface area contributed by atoms with Crippen LogP contribution in [0.4, 0.5) is 0 Å². The molecule has 0 fully saturated rings. The molecular formula is C21H22O3. The second kappa shape index (κ2) is 9.36. The third-order valence-corrected chi connectivity index (χ3v) is 3.43. The van der Waals surface area contributed by atoms with E-state index >= 15 is 0 Å². The van der Waals surface area contributed by atoms with E-state index in [0.717, 1.165) is 22.6 Å². The molecule has 0 bridgehead atoms. The molecule has 0 amide bonds. The first-order chi connectivity index (χ1) is 11.7. The predicted octanol–water partition coefficient (Wildman–Crippen LogP) is 4.17. The molecule has 0 saturated carbocycles. The van der Waals surface area contributed by atoms with E-state index in [0.29, 0.717) is 26.1 Å². The SMILES string of the molecule is C=CCOc1ccccc1CC(=O)Cc1ccccc1OCC=C. The van der Waals surface area contributed by atoms with Crippen LogP contribution < -0.4 is 9.47 Å². The molecule has 0 atom stereocenters. The van der Waals surface area contributed by atoms with Crippen LogP contribution >= 0.6 is 0 Å². The van der Waals surface area contributed by atoms with Gasteiger partial charge in [0.2, 0.25) is 0 Å². The standard InChI is InChI=1S/C21H22O3/c1-3-13-23-20-11-7-5-9-17(20)15-19(22)16-18-10-6-8-12-21(18)24-14-4-2/h3-12H,1-2,13-16H2. The van der Waals surface area contributed by atoms with E-state index in [9.17, 15) is 4.79 Å². The van der Waals surface area contributed by atoms with Crippen LogP contribution in [0.25, 0.3) is 0 Å². The maximum atomic E-state index is 12.5. The number of hydrogen-bond acceptors (Lipinski definition) is 3. The molecule has 0 saturated heterocycles. The van der Waals surface area contributed by atoms with Crippen molar-refractivity contribution in [1.29, 1.82) is 0 Å². The van der Waals surface area contributed by atoms with Crippen LogP contribution in [0.1, 0.15) is 11.1 Å². The first-order valence-electron chi connectivity index (χ1n) is 7.89. The lowest BCUT2D eigenvalue weighted by Crippen LogP contribution is -2.09. The quantitative estimate of drug-likeness (QED) is 0.616. The van der Waals surface area contributed by atoms with E-state index < -0.39 is 0 Å². The number of para-hydroxylation sites is 2. The van der Waals surface area contributed by atoms with Crippen molar-refractivity contribution in [3.05, 3.63) is 85.0 Å². The number of ketones is 1. The van der Waals surface area contributed by atoms with Gasteiger partial charge in [-0.05, 0) is 12.1 Å². The summed E-state index contributed by atoms with van der Waals surface area (Å²) in [5.74, 6) is 1.56. The minimum Gasteiger partial charge on any atom is -0.489 e. The Kier molecular flexibility index (Phi) is 6.84. The van der Waals surface area contributed by atoms with E-state index in [2.05, 4.69) is 13.2 Å². The van der Waals surface area contributed by atoms with Gasteiger partial charge in [-0.2, -0.15) is 0 Å². The van der Waals surface area contributed by atoms with E-state index in [-0.39, 0.29) is 5.78 Å². The van der Waals surface area contributed by atoms with Crippen LogP contribution in [-0.4, -0.2) is 19.0 Å². The summed E-state index contributed by atoms with van der Waals surface area (Å²) in [6.07, 6.45) is 4.02. The fourth-order valence-electron chi connectivity index (χ4n) is 2.37. The number of carbonyl (C=O) groups excluding carboxylic acids is 1. The van der Waals surface area contributed by atoms with Crippen LogP contribution in [-0.2, 0) is 17.6 Å². The fourth-order valence-corrected chi connectivity index (χ4v) is 2.37. The molecule has 0 radical (unpaired) electrons. The minimum absolute atomic E-state index is 0.110. The average Bonchev–Trinajstić information content (AvgIpc) is 2.60. The highest BCUT2D eigenvalue weighted by atomic mass is 16.5. The number of carbonyl (C=O) groups is 1. The lowest BCUT2D eigenvalue weighted by molar-refractivity contribution is -0.117. The molecule has 2 rings (SSSR count). The monoisotopic (exact) mass is 322 g/mol. The van der Waals surface area contributed by atoms with Crippen LogP contribution in [0.5, 0.6) is 11.5 Å². The molecule has 124 valence electrons. The highest BCUT2D eigenvalue weighted by Crippen LogP contribution is 2.22. The van der Waals surface area contributed by atoms with Crippen LogP contribution in [0.3, 0.4) is 0 Å². The highest BCUT2D eigenvalue weighted by molar-refractivity contribution is 5.84. The minimum atomic E-state index is 0.110. The van der Waals surface area contributed by atoms with Gasteiger partial charge >= 0.3 is 0 Å². The zero-order chi connectivity index (χ0) is 17.2. The second-order valence-electron chi connectivity index (χ2n) is 5.31. The van der Waals surface area contributed by atoms with Gasteiger partial charge in [-0.1, -0.05) is 61.7 Å². The Morgan fingerprint density at radius 2 is 1.21 bits per heavy atom. The number of hydrogen-bond donors (Lipinski definition) is 0. The second-order valence-corrected chi connectivity index (χ2v) is 5.31. The van der Waals surface area contributed by atoms with Gasteiger partial charge < -0.3 is 9.47 Å². The third kappa shape index (κ3) is 5.13. The zero-order valence-electron chi connectivity index (χ0n) is 13.7. The highest BCUT2D eigenvalue weighted by Gasteiger charge is 2.12. The van der Waals surface area contributed by atoms with Gasteiger partial charge in [0.25, 0.3) is 0 Å². The number of benzene rings is 2. The summed E-state index contributed by atoms with van der Waals surface area (Å²) in [5, 5.41) is 0. The van der Waals surface area contributed by atoms with Crippen molar-refractivity contribution in [3.8, 4) is 11.5 Å². The van der Waals surface area contributed by atoms with Crippen molar-refractivity contribution in [2.24, 2.45) is 0 Å². The summed E-state index contributed by atoms with van der Waals surface area (Å²) < 4.78 is 11.2. The number of Topliss-reactive ketones (excluding diaryl/α,β-unsaturated/α-hetero) is 1. The summed E-state index contributed by atoms with van der Waals surface area (Å²) in [6, 6.07) is 15.2. The number of ether oxygens (including phenoxy) is 2. The molecule has 0 aromatic heterocycles. The molecule has 3 nitrogen and oxygen atoms in total. The first-order valence-corrected chi connectivity index (χ1v) is 7.89. The topological polar surface area (TPSA) is 35.5 Å². The molecule has 3 heteroatoms. The Morgan fingerprint density at radius 3 is 1.62 bits per heavy atom. The molecule has 0 heterocycles. The Bertz CT molecular complexity index is 644. The Morgan fingerprint density at radius 1 is 0.792 bits per heavy atom. The van der Waals surface area contributed by atoms with Crippen molar-refractivity contribution in [2.45, 2.75) is 12.8 Å². The van der Waals surface area contributed by atoms with Gasteiger partial charge in [0, 0.05) is 24.0 Å². The molecule has 2 aromatic carbocycles. The van der Waals surface area contributed by atoms with Crippen LogP contribution in [0.15, 0.2) is 73.8 Å². The molecule has 2 aromatic rings. The lowest BCUT2D eigenvalue weighted by Gasteiger charge is -2.11. The van der Waals surface area contributed by atoms with Crippen molar-refractivity contribution >= 4 is 5.78 Å². The van der Waals surface area contributed by atoms with Gasteiger partial charge in [0.1, 0.15) is 30.5 Å². The molecule has 0 spiro atoms. The maximum Gasteiger partial charge on any atom is 0.141 e. The Labute approximate surface area is 143 Å². The molecule has 0 unspecified atom stereocenters.